The van der Waals surface area contributed by atoms with Crippen LogP contribution in [0, 0.1) is 0 Å². The molecule has 1 aromatic heterocycles. The van der Waals surface area contributed by atoms with Gasteiger partial charge < -0.3 is 29.0 Å². The van der Waals surface area contributed by atoms with Crippen molar-refractivity contribution in [2.75, 3.05) is 33.8 Å². The highest BCUT2D eigenvalue weighted by Crippen LogP contribution is 2.54. The number of fused-ring (bicyclic) bond motifs is 3. The van der Waals surface area contributed by atoms with E-state index in [2.05, 4.69) is 15.4 Å². The molecule has 4 aromatic rings. The van der Waals surface area contributed by atoms with Gasteiger partial charge in [0.2, 0.25) is 11.7 Å². The Bertz CT molecular complexity index is 1510. The van der Waals surface area contributed by atoms with Crippen molar-refractivity contribution >= 4 is 11.6 Å². The zero-order chi connectivity index (χ0) is 25.5. The van der Waals surface area contributed by atoms with Gasteiger partial charge in [-0.2, -0.15) is 10.1 Å². The van der Waals surface area contributed by atoms with Gasteiger partial charge in [0, 0.05) is 22.3 Å². The van der Waals surface area contributed by atoms with Crippen LogP contribution < -0.4 is 29.0 Å². The molecule has 9 nitrogen and oxygen atoms in total. The highest BCUT2D eigenvalue weighted by atomic mass is 16.5. The van der Waals surface area contributed by atoms with Gasteiger partial charge >= 0.3 is 0 Å². The number of hydrogen-bond acceptors (Lipinski definition) is 8. The van der Waals surface area contributed by atoms with Crippen molar-refractivity contribution in [1.82, 2.24) is 14.8 Å². The van der Waals surface area contributed by atoms with Crippen LogP contribution in [0.4, 0.5) is 5.95 Å². The van der Waals surface area contributed by atoms with Crippen molar-refractivity contribution in [3.05, 3.63) is 89.3 Å². The normalized spacial score (nSPS) is 17.5. The molecule has 9 heteroatoms. The third-order valence-electron chi connectivity index (χ3n) is 6.77. The van der Waals surface area contributed by atoms with Crippen molar-refractivity contribution in [2.45, 2.75) is 12.1 Å². The van der Waals surface area contributed by atoms with Crippen LogP contribution in [0.3, 0.4) is 0 Å². The summed E-state index contributed by atoms with van der Waals surface area (Å²) in [4.78, 5) is 4.50. The van der Waals surface area contributed by atoms with Crippen molar-refractivity contribution in [1.29, 1.82) is 0 Å². The molecule has 2 aliphatic rings. The van der Waals surface area contributed by atoms with E-state index in [1.54, 1.807) is 34.8 Å². The van der Waals surface area contributed by atoms with E-state index >= 15 is 0 Å². The molecule has 0 spiro atoms. The lowest BCUT2D eigenvalue weighted by Gasteiger charge is -2.39. The summed E-state index contributed by atoms with van der Waals surface area (Å²) in [5.74, 6) is 3.69. The number of nitrogens with zero attached hydrogens (tertiary/aromatic N) is 3. The Balaban J connectivity index is 1.66. The monoisotopic (exact) mass is 498 g/mol. The van der Waals surface area contributed by atoms with Crippen LogP contribution in [0.1, 0.15) is 28.8 Å². The van der Waals surface area contributed by atoms with Crippen LogP contribution >= 0.6 is 0 Å². The van der Waals surface area contributed by atoms with Crippen LogP contribution in [-0.2, 0) is 0 Å². The molecule has 37 heavy (non-hydrogen) atoms. The van der Waals surface area contributed by atoms with Crippen LogP contribution in [0.15, 0.2) is 72.6 Å². The quantitative estimate of drug-likeness (QED) is 0.403. The Morgan fingerprint density at radius 3 is 2.32 bits per heavy atom. The van der Waals surface area contributed by atoms with E-state index in [0.717, 1.165) is 39.5 Å². The number of ether oxygens (including phenoxy) is 5. The number of nitrogens with one attached hydrogen (secondary N) is 1. The molecule has 0 aliphatic carbocycles. The predicted octanol–water partition coefficient (Wildman–Crippen LogP) is 4.87. The minimum atomic E-state index is -0.556. The molecule has 6 rings (SSSR count). The average molecular weight is 499 g/mol. The first-order valence-corrected chi connectivity index (χ1v) is 11.8. The standard InChI is InChI=1S/C28H26N4O5/c1-33-19-11-7-6-10-17(19)24-22-23(31-28-29-15-30-32(24)28)16-9-5-8-12-20(16)37-25(22)18-13-14-21(34-2)27(36-4)26(18)35-3/h5-15,24-25H,1-4H3,(H,29,30,31)/t24-,25+/m1/s1. The van der Waals surface area contributed by atoms with E-state index in [-0.39, 0.29) is 6.04 Å². The highest BCUT2D eigenvalue weighted by molar-refractivity contribution is 5.85. The lowest BCUT2D eigenvalue weighted by atomic mass is 9.84. The summed E-state index contributed by atoms with van der Waals surface area (Å²) in [5.41, 5.74) is 4.49. The minimum Gasteiger partial charge on any atom is -0.496 e. The van der Waals surface area contributed by atoms with Crippen LogP contribution in [0.5, 0.6) is 28.7 Å². The van der Waals surface area contributed by atoms with E-state index in [0.29, 0.717) is 23.2 Å². The summed E-state index contributed by atoms with van der Waals surface area (Å²) < 4.78 is 31.5. The number of benzene rings is 3. The minimum absolute atomic E-state index is 0.374. The molecule has 0 radical (unpaired) electrons. The van der Waals surface area contributed by atoms with Gasteiger partial charge in [-0.15, -0.1) is 0 Å². The van der Waals surface area contributed by atoms with Gasteiger partial charge in [0.25, 0.3) is 0 Å². The molecular formula is C28H26N4O5. The number of rotatable bonds is 6. The zero-order valence-electron chi connectivity index (χ0n) is 20.9. The fraction of sp³-hybridized carbons (Fsp3) is 0.214. The SMILES string of the molecule is COc1ccccc1[C@@H]1C2=C(Nc3ncnn31)c1ccccc1O[C@H]2c1ccc(OC)c(OC)c1OC. The molecule has 3 aromatic carbocycles. The fourth-order valence-corrected chi connectivity index (χ4v) is 5.20. The molecule has 1 N–H and O–H groups in total. The van der Waals surface area contributed by atoms with E-state index in [1.807, 2.05) is 65.3 Å². The van der Waals surface area contributed by atoms with E-state index in [1.165, 1.54) is 0 Å². The molecule has 0 fully saturated rings. The molecule has 0 bridgehead atoms. The number of para-hydroxylation sites is 2. The Labute approximate surface area is 214 Å². The molecule has 2 aliphatic heterocycles. The summed E-state index contributed by atoms with van der Waals surface area (Å²) in [5, 5.41) is 8.10. The first-order chi connectivity index (χ1) is 18.2. The Morgan fingerprint density at radius 2 is 1.54 bits per heavy atom. The third-order valence-corrected chi connectivity index (χ3v) is 6.77. The van der Waals surface area contributed by atoms with Crippen molar-refractivity contribution in [3.8, 4) is 28.7 Å². The zero-order valence-corrected chi connectivity index (χ0v) is 20.9. The highest BCUT2D eigenvalue weighted by Gasteiger charge is 2.43. The second-order valence-electron chi connectivity index (χ2n) is 8.55. The van der Waals surface area contributed by atoms with Crippen LogP contribution in [0.25, 0.3) is 5.70 Å². The van der Waals surface area contributed by atoms with Gasteiger partial charge in [0.05, 0.1) is 34.1 Å². The van der Waals surface area contributed by atoms with E-state index in [4.69, 9.17) is 23.7 Å². The number of hydrogen-bond donors (Lipinski definition) is 1. The molecular weight excluding hydrogens is 472 g/mol. The Kier molecular flexibility index (Phi) is 5.60. The number of methoxy groups -OCH3 is 4. The lowest BCUT2D eigenvalue weighted by molar-refractivity contribution is 0.214. The largest absolute Gasteiger partial charge is 0.496 e. The lowest BCUT2D eigenvalue weighted by Crippen LogP contribution is -2.32. The summed E-state index contributed by atoms with van der Waals surface area (Å²) >= 11 is 0. The fourth-order valence-electron chi connectivity index (χ4n) is 5.20. The van der Waals surface area contributed by atoms with Gasteiger partial charge in [-0.05, 0) is 30.3 Å². The Morgan fingerprint density at radius 1 is 0.784 bits per heavy atom. The number of aromatic nitrogens is 3. The first-order valence-electron chi connectivity index (χ1n) is 11.8. The molecule has 188 valence electrons. The van der Waals surface area contributed by atoms with E-state index < -0.39 is 6.10 Å². The molecule has 0 saturated heterocycles. The predicted molar refractivity (Wildman–Crippen MR) is 138 cm³/mol. The van der Waals surface area contributed by atoms with Crippen molar-refractivity contribution in [2.24, 2.45) is 0 Å². The van der Waals surface area contributed by atoms with Gasteiger partial charge in [-0.3, -0.25) is 0 Å². The van der Waals surface area contributed by atoms with Crippen molar-refractivity contribution < 1.29 is 23.7 Å². The maximum atomic E-state index is 6.74. The smallest absolute Gasteiger partial charge is 0.226 e. The van der Waals surface area contributed by atoms with Gasteiger partial charge in [0.1, 0.15) is 23.9 Å². The summed E-state index contributed by atoms with van der Waals surface area (Å²) in [6.07, 6.45) is 0.988. The number of anilines is 1. The molecule has 0 unspecified atom stereocenters. The maximum absolute atomic E-state index is 6.74. The molecule has 0 amide bonds. The van der Waals surface area contributed by atoms with Gasteiger partial charge in [0.15, 0.2) is 17.6 Å². The maximum Gasteiger partial charge on any atom is 0.226 e. The molecule has 0 saturated carbocycles. The topological polar surface area (TPSA) is 88.9 Å². The summed E-state index contributed by atoms with van der Waals surface area (Å²) in [6.45, 7) is 0. The van der Waals surface area contributed by atoms with Crippen LogP contribution in [0.2, 0.25) is 0 Å². The van der Waals surface area contributed by atoms with Crippen LogP contribution in [-0.4, -0.2) is 43.2 Å². The van der Waals surface area contributed by atoms with E-state index in [9.17, 15) is 0 Å². The van der Waals surface area contributed by atoms with Gasteiger partial charge in [-0.1, -0.05) is 30.3 Å². The van der Waals surface area contributed by atoms with Crippen molar-refractivity contribution in [3.63, 3.8) is 0 Å². The second-order valence-corrected chi connectivity index (χ2v) is 8.55. The molecule has 3 heterocycles. The first kappa shape index (κ1) is 22.8. The summed E-state index contributed by atoms with van der Waals surface area (Å²) in [7, 11) is 6.46. The second kappa shape index (κ2) is 9.09. The van der Waals surface area contributed by atoms with Gasteiger partial charge in [-0.25, -0.2) is 4.68 Å². The summed E-state index contributed by atoms with van der Waals surface area (Å²) in [6, 6.07) is 19.3. The Hall–Kier alpha value is -4.66. The third kappa shape index (κ3) is 3.46. The molecule has 2 atom stereocenters. The average Bonchev–Trinajstić information content (AvgIpc) is 3.43.